The molecule has 0 aliphatic carbocycles. The Morgan fingerprint density at radius 2 is 1.96 bits per heavy atom. The summed E-state index contributed by atoms with van der Waals surface area (Å²) in [5, 5.41) is 3.41. The quantitative estimate of drug-likeness (QED) is 0.801. The van der Waals surface area contributed by atoms with Crippen LogP contribution in [0.1, 0.15) is 18.4 Å². The SMILES string of the molecule is Cc1cnc2c(c1)nc(-c1ccc(F)cc1)n2CC1CCNCC1. The predicted octanol–water partition coefficient (Wildman–Crippen LogP) is 3.55. The molecule has 1 fully saturated rings. The number of nitrogens with zero attached hydrogens (tertiary/aromatic N) is 3. The number of benzene rings is 1. The highest BCUT2D eigenvalue weighted by Crippen LogP contribution is 2.27. The van der Waals surface area contributed by atoms with Gasteiger partial charge in [0, 0.05) is 18.3 Å². The third kappa shape index (κ3) is 2.91. The average molecular weight is 324 g/mol. The summed E-state index contributed by atoms with van der Waals surface area (Å²) in [6.07, 6.45) is 4.21. The van der Waals surface area contributed by atoms with E-state index in [2.05, 4.69) is 20.9 Å². The summed E-state index contributed by atoms with van der Waals surface area (Å²) in [5.41, 5.74) is 3.85. The fourth-order valence-electron chi connectivity index (χ4n) is 3.43. The summed E-state index contributed by atoms with van der Waals surface area (Å²) >= 11 is 0. The Morgan fingerprint density at radius 3 is 2.71 bits per heavy atom. The largest absolute Gasteiger partial charge is 0.317 e. The Kier molecular flexibility index (Phi) is 4.02. The third-order valence-electron chi connectivity index (χ3n) is 4.72. The molecule has 1 aromatic carbocycles. The highest BCUT2D eigenvalue weighted by atomic mass is 19.1. The Balaban J connectivity index is 1.81. The second-order valence-electron chi connectivity index (χ2n) is 6.60. The number of hydrogen-bond acceptors (Lipinski definition) is 3. The summed E-state index contributed by atoms with van der Waals surface area (Å²) < 4.78 is 15.5. The van der Waals surface area contributed by atoms with Crippen molar-refractivity contribution in [1.29, 1.82) is 0 Å². The van der Waals surface area contributed by atoms with Crippen LogP contribution >= 0.6 is 0 Å². The van der Waals surface area contributed by atoms with Gasteiger partial charge < -0.3 is 9.88 Å². The number of rotatable bonds is 3. The molecule has 1 saturated heterocycles. The van der Waals surface area contributed by atoms with Crippen molar-refractivity contribution in [3.8, 4) is 11.4 Å². The van der Waals surface area contributed by atoms with E-state index >= 15 is 0 Å². The van der Waals surface area contributed by atoms with Gasteiger partial charge in [-0.25, -0.2) is 14.4 Å². The number of aryl methyl sites for hydroxylation is 1. The Labute approximate surface area is 140 Å². The molecule has 4 nitrogen and oxygen atoms in total. The van der Waals surface area contributed by atoms with E-state index < -0.39 is 0 Å². The van der Waals surface area contributed by atoms with Crippen molar-refractivity contribution in [2.45, 2.75) is 26.3 Å². The van der Waals surface area contributed by atoms with Crippen molar-refractivity contribution in [3.05, 3.63) is 47.9 Å². The Morgan fingerprint density at radius 1 is 1.21 bits per heavy atom. The molecule has 124 valence electrons. The molecule has 0 spiro atoms. The zero-order chi connectivity index (χ0) is 16.5. The van der Waals surface area contributed by atoms with Gasteiger partial charge in [0.05, 0.1) is 0 Å². The standard InChI is InChI=1S/C19H21FN4/c1-13-10-17-19(22-11-13)24(12-14-6-8-21-9-7-14)18(23-17)15-2-4-16(20)5-3-15/h2-5,10-11,14,21H,6-9,12H2,1H3. The van der Waals surface area contributed by atoms with E-state index in [1.54, 1.807) is 12.1 Å². The number of imidazole rings is 1. The minimum Gasteiger partial charge on any atom is -0.317 e. The number of fused-ring (bicyclic) bond motifs is 1. The van der Waals surface area contributed by atoms with Crippen LogP contribution in [0.2, 0.25) is 0 Å². The summed E-state index contributed by atoms with van der Waals surface area (Å²) in [6, 6.07) is 8.63. The van der Waals surface area contributed by atoms with Crippen LogP contribution in [0.4, 0.5) is 4.39 Å². The molecule has 0 saturated carbocycles. The van der Waals surface area contributed by atoms with E-state index in [9.17, 15) is 4.39 Å². The first-order valence-corrected chi connectivity index (χ1v) is 8.50. The fourth-order valence-corrected chi connectivity index (χ4v) is 3.43. The molecule has 3 heterocycles. The van der Waals surface area contributed by atoms with E-state index in [1.807, 2.05) is 13.1 Å². The highest BCUT2D eigenvalue weighted by molar-refractivity contribution is 5.77. The molecule has 0 amide bonds. The number of aromatic nitrogens is 3. The van der Waals surface area contributed by atoms with Gasteiger partial charge in [0.1, 0.15) is 17.2 Å². The minimum absolute atomic E-state index is 0.228. The minimum atomic E-state index is -0.228. The van der Waals surface area contributed by atoms with Gasteiger partial charge in [-0.15, -0.1) is 0 Å². The molecule has 0 atom stereocenters. The van der Waals surface area contributed by atoms with Gasteiger partial charge in [0.25, 0.3) is 0 Å². The van der Waals surface area contributed by atoms with Gasteiger partial charge >= 0.3 is 0 Å². The zero-order valence-electron chi connectivity index (χ0n) is 13.8. The van der Waals surface area contributed by atoms with Gasteiger partial charge in [-0.05, 0) is 74.7 Å². The lowest BCUT2D eigenvalue weighted by Crippen LogP contribution is -2.30. The molecule has 1 aliphatic rings. The molecule has 5 heteroatoms. The van der Waals surface area contributed by atoms with Crippen molar-refractivity contribution in [1.82, 2.24) is 19.9 Å². The molecule has 0 unspecified atom stereocenters. The van der Waals surface area contributed by atoms with Gasteiger partial charge in [0.2, 0.25) is 0 Å². The molecule has 2 aromatic heterocycles. The van der Waals surface area contributed by atoms with Crippen LogP contribution in [-0.2, 0) is 6.54 Å². The Hall–Kier alpha value is -2.27. The van der Waals surface area contributed by atoms with E-state index in [1.165, 1.54) is 12.1 Å². The van der Waals surface area contributed by atoms with Crippen LogP contribution in [0.25, 0.3) is 22.6 Å². The molecule has 4 rings (SSSR count). The number of piperidine rings is 1. The molecule has 0 radical (unpaired) electrons. The Bertz CT molecular complexity index is 848. The second-order valence-corrected chi connectivity index (χ2v) is 6.60. The first-order chi connectivity index (χ1) is 11.7. The fraction of sp³-hybridized carbons (Fsp3) is 0.368. The highest BCUT2D eigenvalue weighted by Gasteiger charge is 2.19. The number of nitrogens with one attached hydrogen (secondary N) is 1. The average Bonchev–Trinajstić information content (AvgIpc) is 2.94. The molecule has 1 aliphatic heterocycles. The topological polar surface area (TPSA) is 42.7 Å². The molecule has 3 aromatic rings. The molecule has 24 heavy (non-hydrogen) atoms. The summed E-state index contributed by atoms with van der Waals surface area (Å²) in [5.74, 6) is 1.27. The zero-order valence-corrected chi connectivity index (χ0v) is 13.8. The maximum Gasteiger partial charge on any atom is 0.160 e. The molecular weight excluding hydrogens is 303 g/mol. The van der Waals surface area contributed by atoms with Gasteiger partial charge in [-0.1, -0.05) is 0 Å². The van der Waals surface area contributed by atoms with Gasteiger partial charge in [-0.3, -0.25) is 0 Å². The van der Waals surface area contributed by atoms with Crippen molar-refractivity contribution in [2.75, 3.05) is 13.1 Å². The summed E-state index contributed by atoms with van der Waals surface area (Å²) in [4.78, 5) is 9.42. The smallest absolute Gasteiger partial charge is 0.160 e. The first kappa shape index (κ1) is 15.3. The van der Waals surface area contributed by atoms with E-state index in [4.69, 9.17) is 4.98 Å². The van der Waals surface area contributed by atoms with Crippen molar-refractivity contribution in [2.24, 2.45) is 5.92 Å². The van der Waals surface area contributed by atoms with E-state index in [-0.39, 0.29) is 5.82 Å². The van der Waals surface area contributed by atoms with Gasteiger partial charge in [0.15, 0.2) is 5.65 Å². The predicted molar refractivity (Wildman–Crippen MR) is 93.3 cm³/mol. The van der Waals surface area contributed by atoms with Crippen LogP contribution in [0.5, 0.6) is 0 Å². The third-order valence-corrected chi connectivity index (χ3v) is 4.72. The monoisotopic (exact) mass is 324 g/mol. The lowest BCUT2D eigenvalue weighted by atomic mass is 9.98. The van der Waals surface area contributed by atoms with Crippen LogP contribution in [-0.4, -0.2) is 27.6 Å². The van der Waals surface area contributed by atoms with Crippen molar-refractivity contribution in [3.63, 3.8) is 0 Å². The van der Waals surface area contributed by atoms with Crippen LogP contribution in [0.3, 0.4) is 0 Å². The number of pyridine rings is 1. The normalized spacial score (nSPS) is 15.9. The lowest BCUT2D eigenvalue weighted by molar-refractivity contribution is 0.337. The second kappa shape index (κ2) is 6.32. The maximum absolute atomic E-state index is 13.3. The molecule has 1 N–H and O–H groups in total. The van der Waals surface area contributed by atoms with E-state index in [0.29, 0.717) is 5.92 Å². The van der Waals surface area contributed by atoms with Crippen molar-refractivity contribution >= 4 is 11.2 Å². The lowest BCUT2D eigenvalue weighted by Gasteiger charge is -2.23. The van der Waals surface area contributed by atoms with Crippen LogP contribution in [0.15, 0.2) is 36.5 Å². The van der Waals surface area contributed by atoms with Crippen molar-refractivity contribution < 1.29 is 4.39 Å². The molecule has 0 bridgehead atoms. The summed E-state index contributed by atoms with van der Waals surface area (Å²) in [6.45, 7) is 5.06. The van der Waals surface area contributed by atoms with E-state index in [0.717, 1.165) is 60.6 Å². The van der Waals surface area contributed by atoms with Crippen LogP contribution < -0.4 is 5.32 Å². The maximum atomic E-state index is 13.3. The van der Waals surface area contributed by atoms with Crippen LogP contribution in [0, 0.1) is 18.7 Å². The first-order valence-electron chi connectivity index (χ1n) is 8.50. The molecular formula is C19H21FN4. The van der Waals surface area contributed by atoms with Gasteiger partial charge in [-0.2, -0.15) is 0 Å². The summed E-state index contributed by atoms with van der Waals surface area (Å²) in [7, 11) is 0. The number of halogens is 1. The number of hydrogen-bond donors (Lipinski definition) is 1.